The van der Waals surface area contributed by atoms with Crippen LogP contribution in [0.1, 0.15) is 49.9 Å². The first kappa shape index (κ1) is 16.3. The van der Waals surface area contributed by atoms with Gasteiger partial charge in [-0.1, -0.05) is 83.9 Å². The smallest absolute Gasteiger partial charge is 0.0710 e. The number of hydrogen-bond donors (Lipinski definition) is 0. The molecule has 132 valence electrons. The van der Waals surface area contributed by atoms with Crippen LogP contribution in [0.5, 0.6) is 0 Å². The van der Waals surface area contributed by atoms with Crippen LogP contribution in [0.15, 0.2) is 89.5 Å². The van der Waals surface area contributed by atoms with Crippen molar-refractivity contribution < 1.29 is 0 Å². The molecule has 3 aromatic carbocycles. The Morgan fingerprint density at radius 3 is 1.37 bits per heavy atom. The molecule has 2 aliphatic rings. The predicted molar refractivity (Wildman–Crippen MR) is 115 cm³/mol. The van der Waals surface area contributed by atoms with Crippen LogP contribution in [-0.4, -0.2) is 0 Å². The summed E-state index contributed by atoms with van der Waals surface area (Å²) in [6.07, 6.45) is 0. The third kappa shape index (κ3) is 1.88. The third-order valence-corrected chi connectivity index (χ3v) is 6.18. The zero-order valence-electron chi connectivity index (χ0n) is 16.4. The van der Waals surface area contributed by atoms with Crippen LogP contribution in [-0.2, 0) is 5.41 Å². The minimum atomic E-state index is -0.199. The average molecular weight is 348 g/mol. The lowest BCUT2D eigenvalue weighted by molar-refractivity contribution is 0.783. The van der Waals surface area contributed by atoms with E-state index < -0.39 is 0 Å². The van der Waals surface area contributed by atoms with Gasteiger partial charge in [-0.15, -0.1) is 0 Å². The van der Waals surface area contributed by atoms with Crippen LogP contribution in [0.2, 0.25) is 0 Å². The standard InChI is InChI=1S/C27H24/c1-17(2)25-21-13-7-10-16-24(21)27(26(25)18(3)4)22-14-8-5-11-19(22)20-12-6-9-15-23(20)27/h5-16H,1-4H3. The van der Waals surface area contributed by atoms with Gasteiger partial charge < -0.3 is 0 Å². The Labute approximate surface area is 161 Å². The summed E-state index contributed by atoms with van der Waals surface area (Å²) in [5, 5.41) is 0. The highest BCUT2D eigenvalue weighted by Crippen LogP contribution is 2.64. The van der Waals surface area contributed by atoms with E-state index in [4.69, 9.17) is 0 Å². The van der Waals surface area contributed by atoms with Crippen LogP contribution >= 0.6 is 0 Å². The molecule has 0 unspecified atom stereocenters. The fraction of sp³-hybridized carbons (Fsp3) is 0.185. The molecule has 1 spiro atoms. The zero-order valence-corrected chi connectivity index (χ0v) is 16.4. The molecule has 27 heavy (non-hydrogen) atoms. The van der Waals surface area contributed by atoms with E-state index in [1.807, 2.05) is 0 Å². The highest BCUT2D eigenvalue weighted by atomic mass is 14.5. The van der Waals surface area contributed by atoms with Gasteiger partial charge in [0.2, 0.25) is 0 Å². The molecule has 0 radical (unpaired) electrons. The van der Waals surface area contributed by atoms with Crippen LogP contribution in [0, 0.1) is 0 Å². The average Bonchev–Trinajstić information content (AvgIpc) is 3.15. The van der Waals surface area contributed by atoms with E-state index in [0.29, 0.717) is 0 Å². The first-order valence-electron chi connectivity index (χ1n) is 9.73. The molecule has 2 aliphatic carbocycles. The topological polar surface area (TPSA) is 0 Å². The summed E-state index contributed by atoms with van der Waals surface area (Å²) >= 11 is 0. The second-order valence-electron chi connectivity index (χ2n) is 8.14. The van der Waals surface area contributed by atoms with Gasteiger partial charge in [0, 0.05) is 0 Å². The Morgan fingerprint density at radius 2 is 0.926 bits per heavy atom. The molecule has 0 fully saturated rings. The quantitative estimate of drug-likeness (QED) is 0.405. The van der Waals surface area contributed by atoms with E-state index in [9.17, 15) is 0 Å². The fourth-order valence-corrected chi connectivity index (χ4v) is 5.42. The molecule has 0 aliphatic heterocycles. The summed E-state index contributed by atoms with van der Waals surface area (Å²) in [5.74, 6) is 0. The molecule has 3 aromatic rings. The van der Waals surface area contributed by atoms with Crippen LogP contribution in [0.3, 0.4) is 0 Å². The van der Waals surface area contributed by atoms with Crippen LogP contribution in [0.4, 0.5) is 0 Å². The third-order valence-electron chi connectivity index (χ3n) is 6.18. The molecular formula is C27H24. The van der Waals surface area contributed by atoms with Crippen molar-refractivity contribution in [2.75, 3.05) is 0 Å². The highest BCUT2D eigenvalue weighted by Gasteiger charge is 2.53. The van der Waals surface area contributed by atoms with E-state index in [1.54, 1.807) is 0 Å². The molecule has 0 aromatic heterocycles. The van der Waals surface area contributed by atoms with E-state index in [-0.39, 0.29) is 5.41 Å². The Hall–Kier alpha value is -2.86. The predicted octanol–water partition coefficient (Wildman–Crippen LogP) is 7.14. The molecule has 0 heterocycles. The lowest BCUT2D eigenvalue weighted by Gasteiger charge is -2.32. The Morgan fingerprint density at radius 1 is 0.519 bits per heavy atom. The first-order chi connectivity index (χ1) is 13.1. The lowest BCUT2D eigenvalue weighted by Crippen LogP contribution is -2.26. The SMILES string of the molecule is CC(C)=C1C(=C(C)C)C2(c3ccccc31)c1ccccc1-c1ccccc12. The molecule has 0 atom stereocenters. The Bertz CT molecular complexity index is 1100. The summed E-state index contributed by atoms with van der Waals surface area (Å²) in [5.41, 5.74) is 13.9. The number of benzene rings is 3. The number of hydrogen-bond acceptors (Lipinski definition) is 0. The normalized spacial score (nSPS) is 15.6. The Kier molecular flexibility index (Phi) is 3.37. The zero-order chi connectivity index (χ0) is 18.8. The van der Waals surface area contributed by atoms with Crippen molar-refractivity contribution >= 4 is 5.57 Å². The van der Waals surface area contributed by atoms with Crippen molar-refractivity contribution in [3.63, 3.8) is 0 Å². The fourth-order valence-electron chi connectivity index (χ4n) is 5.42. The van der Waals surface area contributed by atoms with Gasteiger partial charge in [0.1, 0.15) is 0 Å². The monoisotopic (exact) mass is 348 g/mol. The largest absolute Gasteiger partial charge is 0.0724 e. The first-order valence-corrected chi connectivity index (χ1v) is 9.73. The molecule has 5 rings (SSSR count). The minimum absolute atomic E-state index is 0.199. The van der Waals surface area contributed by atoms with Gasteiger partial charge in [-0.3, -0.25) is 0 Å². The van der Waals surface area contributed by atoms with Gasteiger partial charge in [-0.05, 0) is 72.2 Å². The second kappa shape index (κ2) is 5.57. The van der Waals surface area contributed by atoms with Gasteiger partial charge in [0.15, 0.2) is 0 Å². The van der Waals surface area contributed by atoms with E-state index in [1.165, 1.54) is 55.7 Å². The highest BCUT2D eigenvalue weighted by molar-refractivity contribution is 6.00. The number of fused-ring (bicyclic) bond motifs is 7. The van der Waals surface area contributed by atoms with Crippen molar-refractivity contribution in [2.24, 2.45) is 0 Å². The van der Waals surface area contributed by atoms with Crippen molar-refractivity contribution in [3.8, 4) is 11.1 Å². The van der Waals surface area contributed by atoms with Crippen molar-refractivity contribution in [3.05, 3.63) is 112 Å². The van der Waals surface area contributed by atoms with Crippen LogP contribution < -0.4 is 0 Å². The molecule has 0 bridgehead atoms. The molecule has 0 amide bonds. The van der Waals surface area contributed by atoms with Gasteiger partial charge in [0.25, 0.3) is 0 Å². The molecule has 0 saturated carbocycles. The summed E-state index contributed by atoms with van der Waals surface area (Å²) in [4.78, 5) is 0. The van der Waals surface area contributed by atoms with Gasteiger partial charge in [-0.2, -0.15) is 0 Å². The van der Waals surface area contributed by atoms with Crippen molar-refractivity contribution in [1.82, 2.24) is 0 Å². The van der Waals surface area contributed by atoms with E-state index in [2.05, 4.69) is 100 Å². The van der Waals surface area contributed by atoms with E-state index >= 15 is 0 Å². The summed E-state index contributed by atoms with van der Waals surface area (Å²) in [7, 11) is 0. The summed E-state index contributed by atoms with van der Waals surface area (Å²) in [6.45, 7) is 9.05. The molecular weight excluding hydrogens is 324 g/mol. The summed E-state index contributed by atoms with van der Waals surface area (Å²) in [6, 6.07) is 27.0. The molecule has 0 nitrogen and oxygen atoms in total. The molecule has 0 N–H and O–H groups in total. The maximum Gasteiger partial charge on any atom is 0.0724 e. The number of rotatable bonds is 0. The Balaban J connectivity index is 2.06. The van der Waals surface area contributed by atoms with Crippen molar-refractivity contribution in [1.29, 1.82) is 0 Å². The van der Waals surface area contributed by atoms with E-state index in [0.717, 1.165) is 0 Å². The van der Waals surface area contributed by atoms with Gasteiger partial charge in [0.05, 0.1) is 5.41 Å². The van der Waals surface area contributed by atoms with Crippen LogP contribution in [0.25, 0.3) is 16.7 Å². The summed E-state index contributed by atoms with van der Waals surface area (Å²) < 4.78 is 0. The molecule has 0 heteroatoms. The van der Waals surface area contributed by atoms with Gasteiger partial charge >= 0.3 is 0 Å². The van der Waals surface area contributed by atoms with Crippen molar-refractivity contribution in [2.45, 2.75) is 33.1 Å². The number of allylic oxidation sites excluding steroid dienone is 4. The molecule has 0 saturated heterocycles. The maximum absolute atomic E-state index is 2.34. The lowest BCUT2D eigenvalue weighted by atomic mass is 9.69. The second-order valence-corrected chi connectivity index (χ2v) is 8.14. The minimum Gasteiger partial charge on any atom is -0.0710 e. The van der Waals surface area contributed by atoms with Gasteiger partial charge in [-0.25, -0.2) is 0 Å². The maximum atomic E-state index is 2.34.